The van der Waals surface area contributed by atoms with E-state index in [9.17, 15) is 13.6 Å². The normalized spacial score (nSPS) is 10.7. The van der Waals surface area contributed by atoms with Crippen molar-refractivity contribution in [2.75, 3.05) is 17.7 Å². The molecule has 7 heteroatoms. The van der Waals surface area contributed by atoms with Crippen LogP contribution in [0, 0.1) is 0 Å². The van der Waals surface area contributed by atoms with E-state index < -0.39 is 5.76 Å². The minimum atomic E-state index is -2.46. The van der Waals surface area contributed by atoms with Crippen molar-refractivity contribution in [1.82, 2.24) is 0 Å². The highest BCUT2D eigenvalue weighted by atomic mass is 32.2. The van der Waals surface area contributed by atoms with Crippen molar-refractivity contribution in [3.8, 4) is 5.75 Å². The number of benzene rings is 3. The molecule has 0 bridgehead atoms. The number of thioether (sulfide) groups is 1. The first-order valence-electron chi connectivity index (χ1n) is 9.32. The first kappa shape index (κ1) is 21.6. The third kappa shape index (κ3) is 6.77. The third-order valence-electron chi connectivity index (χ3n) is 4.31. The fraction of sp³-hybridized carbons (Fsp3) is 0.174. The summed E-state index contributed by atoms with van der Waals surface area (Å²) in [7, 11) is 1.64. The van der Waals surface area contributed by atoms with E-state index in [2.05, 4.69) is 10.6 Å². The number of halogens is 2. The zero-order valence-electron chi connectivity index (χ0n) is 16.4. The molecule has 0 saturated heterocycles. The van der Waals surface area contributed by atoms with Gasteiger partial charge in [0.25, 0.3) is 5.76 Å². The number of alkyl halides is 2. The first-order chi connectivity index (χ1) is 14.5. The monoisotopic (exact) mass is 428 g/mol. The quantitative estimate of drug-likeness (QED) is 0.423. The molecule has 3 aromatic carbocycles. The molecule has 2 N–H and O–H groups in total. The van der Waals surface area contributed by atoms with Crippen LogP contribution in [-0.4, -0.2) is 18.8 Å². The summed E-state index contributed by atoms with van der Waals surface area (Å²) in [6.45, 7) is 0.664. The fourth-order valence-corrected chi connectivity index (χ4v) is 3.34. The number of nitrogens with one attached hydrogen (secondary N) is 2. The van der Waals surface area contributed by atoms with Gasteiger partial charge in [-0.2, -0.15) is 8.78 Å². The highest BCUT2D eigenvalue weighted by molar-refractivity contribution is 7.99. The molecule has 1 amide bonds. The van der Waals surface area contributed by atoms with Crippen LogP contribution in [0.25, 0.3) is 0 Å². The summed E-state index contributed by atoms with van der Waals surface area (Å²) in [4.78, 5) is 12.7. The number of hydrogen-bond acceptors (Lipinski definition) is 4. The lowest BCUT2D eigenvalue weighted by molar-refractivity contribution is -0.115. The predicted octanol–water partition coefficient (Wildman–Crippen LogP) is 5.80. The zero-order valence-corrected chi connectivity index (χ0v) is 17.2. The smallest absolute Gasteiger partial charge is 0.288 e. The standard InChI is InChI=1S/C23H22F2N2O2S/c1-29-20-4-2-3-17(13-20)15-26-18-7-5-16(6-8-18)14-22(28)27-19-9-11-21(12-10-19)30-23(24)25/h2-13,23,26H,14-15H2,1H3,(H,27,28). The minimum absolute atomic E-state index is 0.165. The third-order valence-corrected chi connectivity index (χ3v) is 5.04. The second kappa shape index (κ2) is 10.6. The lowest BCUT2D eigenvalue weighted by Gasteiger charge is -2.09. The number of methoxy groups -OCH3 is 1. The Bertz CT molecular complexity index is 964. The van der Waals surface area contributed by atoms with Gasteiger partial charge in [-0.05, 0) is 59.7 Å². The van der Waals surface area contributed by atoms with Gasteiger partial charge in [-0.3, -0.25) is 4.79 Å². The molecule has 0 unspecified atom stereocenters. The Kier molecular flexibility index (Phi) is 7.68. The summed E-state index contributed by atoms with van der Waals surface area (Å²) in [5.41, 5.74) is 3.52. The van der Waals surface area contributed by atoms with Gasteiger partial charge in [0.15, 0.2) is 0 Å². The summed E-state index contributed by atoms with van der Waals surface area (Å²) in [5, 5.41) is 6.12. The largest absolute Gasteiger partial charge is 0.497 e. The molecular formula is C23H22F2N2O2S. The fourth-order valence-electron chi connectivity index (χ4n) is 2.84. The Labute approximate surface area is 178 Å². The van der Waals surface area contributed by atoms with Crippen LogP contribution in [0.3, 0.4) is 0 Å². The van der Waals surface area contributed by atoms with E-state index in [0.717, 1.165) is 22.6 Å². The molecule has 0 saturated carbocycles. The van der Waals surface area contributed by atoms with E-state index in [4.69, 9.17) is 4.74 Å². The van der Waals surface area contributed by atoms with E-state index in [1.807, 2.05) is 48.5 Å². The second-order valence-corrected chi connectivity index (χ2v) is 7.59. The topological polar surface area (TPSA) is 50.4 Å². The molecule has 0 aromatic heterocycles. The SMILES string of the molecule is COc1cccc(CNc2ccc(CC(=O)Nc3ccc(SC(F)F)cc3)cc2)c1. The molecule has 30 heavy (non-hydrogen) atoms. The molecule has 0 heterocycles. The molecule has 4 nitrogen and oxygen atoms in total. The van der Waals surface area contributed by atoms with Gasteiger partial charge < -0.3 is 15.4 Å². The van der Waals surface area contributed by atoms with E-state index >= 15 is 0 Å². The van der Waals surface area contributed by atoms with Crippen LogP contribution < -0.4 is 15.4 Å². The molecule has 3 rings (SSSR count). The molecule has 3 aromatic rings. The molecule has 0 spiro atoms. The van der Waals surface area contributed by atoms with Crippen molar-refractivity contribution in [2.45, 2.75) is 23.6 Å². The number of amides is 1. The van der Waals surface area contributed by atoms with Crippen molar-refractivity contribution >= 4 is 29.0 Å². The van der Waals surface area contributed by atoms with Gasteiger partial charge in [-0.1, -0.05) is 36.0 Å². The number of ether oxygens (including phenoxy) is 1. The van der Waals surface area contributed by atoms with E-state index in [0.29, 0.717) is 28.9 Å². The number of anilines is 2. The Morgan fingerprint density at radius 2 is 1.67 bits per heavy atom. The number of carbonyl (C=O) groups is 1. The predicted molar refractivity (Wildman–Crippen MR) is 117 cm³/mol. The molecule has 0 atom stereocenters. The van der Waals surface area contributed by atoms with Gasteiger partial charge in [0, 0.05) is 22.8 Å². The van der Waals surface area contributed by atoms with Crippen molar-refractivity contribution in [3.63, 3.8) is 0 Å². The lowest BCUT2D eigenvalue weighted by atomic mass is 10.1. The van der Waals surface area contributed by atoms with Crippen LogP contribution in [0.4, 0.5) is 20.2 Å². The van der Waals surface area contributed by atoms with Crippen LogP contribution in [-0.2, 0) is 17.8 Å². The Hall–Kier alpha value is -3.06. The average Bonchev–Trinajstić information content (AvgIpc) is 2.74. The van der Waals surface area contributed by atoms with Gasteiger partial charge in [-0.25, -0.2) is 0 Å². The van der Waals surface area contributed by atoms with Gasteiger partial charge in [0.05, 0.1) is 13.5 Å². The summed E-state index contributed by atoms with van der Waals surface area (Å²) in [5.74, 6) is -1.81. The molecule has 0 radical (unpaired) electrons. The zero-order chi connectivity index (χ0) is 21.3. The molecule has 0 aliphatic carbocycles. The van der Waals surface area contributed by atoms with Crippen LogP contribution in [0.2, 0.25) is 0 Å². The Morgan fingerprint density at radius 1 is 0.967 bits per heavy atom. The second-order valence-electron chi connectivity index (χ2n) is 6.53. The van der Waals surface area contributed by atoms with Crippen LogP contribution in [0.15, 0.2) is 77.7 Å². The van der Waals surface area contributed by atoms with Gasteiger partial charge in [0.2, 0.25) is 5.91 Å². The van der Waals surface area contributed by atoms with E-state index in [1.54, 1.807) is 31.4 Å². The Morgan fingerprint density at radius 3 is 2.33 bits per heavy atom. The maximum absolute atomic E-state index is 12.4. The highest BCUT2D eigenvalue weighted by Gasteiger charge is 2.07. The molecular weight excluding hydrogens is 406 g/mol. The summed E-state index contributed by atoms with van der Waals surface area (Å²) < 4.78 is 29.9. The lowest BCUT2D eigenvalue weighted by Crippen LogP contribution is -2.14. The summed E-state index contributed by atoms with van der Waals surface area (Å²) in [6, 6.07) is 21.9. The summed E-state index contributed by atoms with van der Waals surface area (Å²) >= 11 is 0.476. The van der Waals surface area contributed by atoms with Gasteiger partial charge >= 0.3 is 0 Å². The maximum atomic E-state index is 12.4. The van der Waals surface area contributed by atoms with Gasteiger partial charge in [-0.15, -0.1) is 0 Å². The number of rotatable bonds is 9. The van der Waals surface area contributed by atoms with Crippen molar-refractivity contribution in [3.05, 3.63) is 83.9 Å². The molecule has 0 aliphatic rings. The van der Waals surface area contributed by atoms with Crippen molar-refractivity contribution in [2.24, 2.45) is 0 Å². The van der Waals surface area contributed by atoms with E-state index in [1.165, 1.54) is 0 Å². The minimum Gasteiger partial charge on any atom is -0.497 e. The first-order valence-corrected chi connectivity index (χ1v) is 10.2. The Balaban J connectivity index is 1.49. The average molecular weight is 429 g/mol. The van der Waals surface area contributed by atoms with Crippen molar-refractivity contribution < 1.29 is 18.3 Å². The number of carbonyl (C=O) groups excluding carboxylic acids is 1. The van der Waals surface area contributed by atoms with Crippen LogP contribution >= 0.6 is 11.8 Å². The molecule has 0 fully saturated rings. The van der Waals surface area contributed by atoms with Crippen molar-refractivity contribution in [1.29, 1.82) is 0 Å². The van der Waals surface area contributed by atoms with Gasteiger partial charge in [0.1, 0.15) is 5.75 Å². The molecule has 0 aliphatic heterocycles. The highest BCUT2D eigenvalue weighted by Crippen LogP contribution is 2.26. The summed E-state index contributed by atoms with van der Waals surface area (Å²) in [6.07, 6.45) is 0.226. The maximum Gasteiger partial charge on any atom is 0.288 e. The molecule has 156 valence electrons. The number of hydrogen-bond donors (Lipinski definition) is 2. The van der Waals surface area contributed by atoms with Crippen LogP contribution in [0.5, 0.6) is 5.75 Å². The van der Waals surface area contributed by atoms with E-state index in [-0.39, 0.29) is 12.3 Å². The van der Waals surface area contributed by atoms with Crippen LogP contribution in [0.1, 0.15) is 11.1 Å².